The van der Waals surface area contributed by atoms with Gasteiger partial charge in [-0.25, -0.2) is 0 Å². The Balaban J connectivity index is 5.49. The molecule has 0 aliphatic heterocycles. The first kappa shape index (κ1) is 24.8. The molecule has 142 valence electrons. The summed E-state index contributed by atoms with van der Waals surface area (Å²) in [6, 6.07) is 0. The van der Waals surface area contributed by atoms with Crippen LogP contribution in [0.4, 0.5) is 0 Å². The van der Waals surface area contributed by atoms with Crippen molar-refractivity contribution < 1.29 is 8.95 Å². The molecule has 0 aromatic carbocycles. The third-order valence-electron chi connectivity index (χ3n) is 5.30. The van der Waals surface area contributed by atoms with Crippen LogP contribution in [0.15, 0.2) is 24.8 Å². The molecule has 0 aliphatic rings. The van der Waals surface area contributed by atoms with Gasteiger partial charge in [0.15, 0.2) is 8.32 Å². The van der Waals surface area contributed by atoms with E-state index in [0.29, 0.717) is 17.8 Å². The standard InChI is InChI=1S/C19H38IO2PSi/c1-10-11-12-14(2)17(21-23)16(4)18(15(3)13-20)22-24(8,9)19(5,6)7/h10-12,14-18H,1,13,23H2,2-9H3/b12-11-/t14-,15-,16+,17-,18+/m0/s1. The molecular weight excluding hydrogens is 446 g/mol. The SMILES string of the molecule is C=C/C=C\[C@H](C)[C@H](OP)[C@@H](C)[C@H](O[Si](C)(C)C(C)(C)C)[C@@H](C)CI. The Labute approximate surface area is 167 Å². The highest BCUT2D eigenvalue weighted by Crippen LogP contribution is 2.40. The molecule has 0 N–H and O–H groups in total. The summed E-state index contributed by atoms with van der Waals surface area (Å²) in [6.07, 6.45) is 6.29. The molecule has 0 heterocycles. The highest BCUT2D eigenvalue weighted by Gasteiger charge is 2.43. The lowest BCUT2D eigenvalue weighted by Gasteiger charge is -2.44. The van der Waals surface area contributed by atoms with Crippen LogP contribution in [0.25, 0.3) is 0 Å². The van der Waals surface area contributed by atoms with Crippen LogP contribution in [0.1, 0.15) is 41.5 Å². The topological polar surface area (TPSA) is 18.5 Å². The van der Waals surface area contributed by atoms with E-state index in [2.05, 4.69) is 99.3 Å². The summed E-state index contributed by atoms with van der Waals surface area (Å²) in [5, 5.41) is 0.210. The van der Waals surface area contributed by atoms with Gasteiger partial charge in [0.2, 0.25) is 0 Å². The van der Waals surface area contributed by atoms with Crippen molar-refractivity contribution in [2.45, 2.75) is 71.9 Å². The fourth-order valence-corrected chi connectivity index (χ4v) is 5.10. The molecule has 5 heteroatoms. The lowest BCUT2D eigenvalue weighted by Crippen LogP contribution is -2.50. The third-order valence-corrected chi connectivity index (χ3v) is 11.5. The van der Waals surface area contributed by atoms with Crippen molar-refractivity contribution in [1.29, 1.82) is 0 Å². The van der Waals surface area contributed by atoms with E-state index in [4.69, 9.17) is 8.95 Å². The predicted octanol–water partition coefficient (Wildman–Crippen LogP) is 6.64. The Morgan fingerprint density at radius 3 is 2.08 bits per heavy atom. The molecule has 0 aliphatic carbocycles. The molecule has 0 rings (SSSR count). The molecule has 0 amide bonds. The second kappa shape index (κ2) is 10.8. The van der Waals surface area contributed by atoms with E-state index in [1.165, 1.54) is 0 Å². The van der Waals surface area contributed by atoms with E-state index in [1.807, 2.05) is 12.2 Å². The minimum absolute atomic E-state index is 0.103. The van der Waals surface area contributed by atoms with Crippen molar-refractivity contribution >= 4 is 40.4 Å². The fourth-order valence-electron chi connectivity index (χ4n) is 2.62. The largest absolute Gasteiger partial charge is 0.413 e. The Morgan fingerprint density at radius 1 is 1.17 bits per heavy atom. The first-order valence-corrected chi connectivity index (χ1v) is 13.7. The molecular formula is C19H38IO2PSi. The number of alkyl halides is 1. The van der Waals surface area contributed by atoms with Crippen LogP contribution in [-0.4, -0.2) is 25.0 Å². The van der Waals surface area contributed by atoms with Gasteiger partial charge in [-0.15, -0.1) is 0 Å². The average molecular weight is 484 g/mol. The Kier molecular flexibility index (Phi) is 11.2. The van der Waals surface area contributed by atoms with E-state index in [1.54, 1.807) is 0 Å². The number of hydrogen-bond donors (Lipinski definition) is 0. The molecule has 0 saturated heterocycles. The van der Waals surface area contributed by atoms with Gasteiger partial charge in [0.05, 0.1) is 12.2 Å². The second-order valence-corrected chi connectivity index (χ2v) is 14.3. The maximum absolute atomic E-state index is 6.85. The fraction of sp³-hybridized carbons (Fsp3) is 0.789. The number of rotatable bonds is 10. The van der Waals surface area contributed by atoms with E-state index >= 15 is 0 Å². The van der Waals surface area contributed by atoms with Crippen molar-refractivity contribution in [1.82, 2.24) is 0 Å². The summed E-state index contributed by atoms with van der Waals surface area (Å²) in [6.45, 7) is 22.1. The summed E-state index contributed by atoms with van der Waals surface area (Å²) >= 11 is 2.47. The van der Waals surface area contributed by atoms with Crippen LogP contribution < -0.4 is 0 Å². The van der Waals surface area contributed by atoms with Crippen LogP contribution >= 0.6 is 32.1 Å². The molecule has 0 saturated carbocycles. The summed E-state index contributed by atoms with van der Waals surface area (Å²) in [7, 11) is 0.631. The molecule has 0 fully saturated rings. The van der Waals surface area contributed by atoms with Crippen molar-refractivity contribution in [3.05, 3.63) is 24.8 Å². The van der Waals surface area contributed by atoms with Gasteiger partial charge in [0.25, 0.3) is 0 Å². The van der Waals surface area contributed by atoms with Crippen LogP contribution in [-0.2, 0) is 8.95 Å². The second-order valence-electron chi connectivity index (χ2n) is 8.41. The molecule has 0 aromatic rings. The van der Waals surface area contributed by atoms with Gasteiger partial charge >= 0.3 is 0 Å². The predicted molar refractivity (Wildman–Crippen MR) is 122 cm³/mol. The van der Waals surface area contributed by atoms with Crippen LogP contribution in [0, 0.1) is 17.8 Å². The van der Waals surface area contributed by atoms with Crippen LogP contribution in [0.5, 0.6) is 0 Å². The third kappa shape index (κ3) is 7.18. The summed E-state index contributed by atoms with van der Waals surface area (Å²) in [5.41, 5.74) is 0. The monoisotopic (exact) mass is 484 g/mol. The van der Waals surface area contributed by atoms with Gasteiger partial charge in [-0.05, 0) is 24.1 Å². The van der Waals surface area contributed by atoms with Gasteiger partial charge < -0.3 is 8.95 Å². The van der Waals surface area contributed by atoms with E-state index in [0.717, 1.165) is 4.43 Å². The Hall–Kier alpha value is 0.777. The van der Waals surface area contributed by atoms with Crippen LogP contribution in [0.3, 0.4) is 0 Å². The highest BCUT2D eigenvalue weighted by molar-refractivity contribution is 14.1. The van der Waals surface area contributed by atoms with Crippen molar-refractivity contribution in [3.8, 4) is 0 Å². The lowest BCUT2D eigenvalue weighted by atomic mass is 9.85. The minimum Gasteiger partial charge on any atom is -0.413 e. The van der Waals surface area contributed by atoms with Gasteiger partial charge in [0, 0.05) is 25.7 Å². The van der Waals surface area contributed by atoms with Gasteiger partial charge in [-0.3, -0.25) is 0 Å². The maximum Gasteiger partial charge on any atom is 0.192 e. The average Bonchev–Trinajstić information content (AvgIpc) is 2.49. The molecule has 0 aromatic heterocycles. The number of allylic oxidation sites excluding steroid dienone is 2. The number of hydrogen-bond acceptors (Lipinski definition) is 2. The highest BCUT2D eigenvalue weighted by atomic mass is 127. The molecule has 0 radical (unpaired) electrons. The zero-order valence-electron chi connectivity index (χ0n) is 16.8. The lowest BCUT2D eigenvalue weighted by molar-refractivity contribution is 0.0122. The minimum atomic E-state index is -1.83. The van der Waals surface area contributed by atoms with E-state index in [9.17, 15) is 0 Å². The Bertz CT molecular complexity index is 407. The van der Waals surface area contributed by atoms with Crippen molar-refractivity contribution in [3.63, 3.8) is 0 Å². The molecule has 0 bridgehead atoms. The van der Waals surface area contributed by atoms with Gasteiger partial charge in [0.1, 0.15) is 0 Å². The summed E-state index contributed by atoms with van der Waals surface area (Å²) < 4.78 is 13.8. The van der Waals surface area contributed by atoms with Crippen molar-refractivity contribution in [2.24, 2.45) is 17.8 Å². The smallest absolute Gasteiger partial charge is 0.192 e. The summed E-state index contributed by atoms with van der Waals surface area (Å²) in [4.78, 5) is 0. The molecule has 2 nitrogen and oxygen atoms in total. The summed E-state index contributed by atoms with van der Waals surface area (Å²) in [5.74, 6) is 1.11. The molecule has 6 atom stereocenters. The maximum atomic E-state index is 6.85. The van der Waals surface area contributed by atoms with Gasteiger partial charge in [-0.2, -0.15) is 0 Å². The van der Waals surface area contributed by atoms with Gasteiger partial charge in [-0.1, -0.05) is 88.9 Å². The van der Waals surface area contributed by atoms with Crippen LogP contribution in [0.2, 0.25) is 18.1 Å². The quantitative estimate of drug-likeness (QED) is 0.114. The molecule has 24 heavy (non-hydrogen) atoms. The molecule has 1 unspecified atom stereocenters. The van der Waals surface area contributed by atoms with Crippen molar-refractivity contribution in [2.75, 3.05) is 4.43 Å². The molecule has 0 spiro atoms. The first-order chi connectivity index (χ1) is 10.9. The zero-order chi connectivity index (χ0) is 19.1. The zero-order valence-corrected chi connectivity index (χ0v) is 21.1. The first-order valence-electron chi connectivity index (χ1n) is 8.81. The Morgan fingerprint density at radius 2 is 1.71 bits per heavy atom. The normalized spacial score (nSPS) is 19.8. The number of halogens is 1. The van der Waals surface area contributed by atoms with E-state index < -0.39 is 8.32 Å². The van der Waals surface area contributed by atoms with E-state index in [-0.39, 0.29) is 17.2 Å².